The molecule has 31 heavy (non-hydrogen) atoms. The van der Waals surface area contributed by atoms with Crippen molar-refractivity contribution in [2.75, 3.05) is 12.0 Å². The predicted molar refractivity (Wildman–Crippen MR) is 122 cm³/mol. The van der Waals surface area contributed by atoms with Crippen LogP contribution in [0.1, 0.15) is 39.5 Å². The van der Waals surface area contributed by atoms with Gasteiger partial charge < -0.3 is 14.6 Å². The number of anilines is 1. The van der Waals surface area contributed by atoms with E-state index in [0.29, 0.717) is 30.4 Å². The topological polar surface area (TPSA) is 80.2 Å². The van der Waals surface area contributed by atoms with Crippen LogP contribution in [0.3, 0.4) is 0 Å². The second-order valence-corrected chi connectivity index (χ2v) is 7.08. The first-order valence-corrected chi connectivity index (χ1v) is 10.0. The molecule has 6 heteroatoms. The Morgan fingerprint density at radius 3 is 2.61 bits per heavy atom. The first-order valence-electron chi connectivity index (χ1n) is 10.0. The van der Waals surface area contributed by atoms with E-state index in [2.05, 4.69) is 42.6 Å². The second kappa shape index (κ2) is 10.3. The number of nitrogens with one attached hydrogen (secondary N) is 1. The Kier molecular flexibility index (Phi) is 7.27. The molecule has 0 atom stereocenters. The van der Waals surface area contributed by atoms with Crippen LogP contribution in [0.5, 0.6) is 11.5 Å². The lowest BCUT2D eigenvalue weighted by atomic mass is 10.1. The maximum Gasteiger partial charge on any atom is 0.337 e. The smallest absolute Gasteiger partial charge is 0.337 e. The Morgan fingerprint density at radius 2 is 1.84 bits per heavy atom. The van der Waals surface area contributed by atoms with E-state index >= 15 is 0 Å². The summed E-state index contributed by atoms with van der Waals surface area (Å²) in [5.41, 5.74) is 7.66. The number of nitrogens with zero attached hydrogens (tertiary/aromatic N) is 1. The highest BCUT2D eigenvalue weighted by molar-refractivity contribution is 5.94. The van der Waals surface area contributed by atoms with Crippen LogP contribution in [0.4, 0.5) is 5.69 Å². The molecule has 0 unspecified atom stereocenters. The van der Waals surface area contributed by atoms with Gasteiger partial charge >= 0.3 is 5.97 Å². The summed E-state index contributed by atoms with van der Waals surface area (Å²) in [6, 6.07) is 18.5. The lowest BCUT2D eigenvalue weighted by Crippen LogP contribution is -2.03. The zero-order valence-corrected chi connectivity index (χ0v) is 17.9. The largest absolute Gasteiger partial charge is 0.490 e. The van der Waals surface area contributed by atoms with Gasteiger partial charge in [-0.2, -0.15) is 5.10 Å². The summed E-state index contributed by atoms with van der Waals surface area (Å²) in [5.74, 6) is 0.272. The molecule has 6 nitrogen and oxygen atoms in total. The minimum Gasteiger partial charge on any atom is -0.490 e. The number of para-hydroxylation sites is 1. The molecule has 3 aromatic carbocycles. The normalized spacial score (nSPS) is 10.8. The number of rotatable bonds is 9. The van der Waals surface area contributed by atoms with Crippen LogP contribution in [-0.4, -0.2) is 23.9 Å². The van der Waals surface area contributed by atoms with E-state index in [1.165, 1.54) is 17.2 Å². The van der Waals surface area contributed by atoms with Gasteiger partial charge in [0, 0.05) is 0 Å². The lowest BCUT2D eigenvalue weighted by molar-refractivity contribution is 0.0698. The fourth-order valence-corrected chi connectivity index (χ4v) is 3.05. The highest BCUT2D eigenvalue weighted by Gasteiger charge is 2.09. The van der Waals surface area contributed by atoms with E-state index in [1.54, 1.807) is 24.4 Å². The van der Waals surface area contributed by atoms with Crippen molar-refractivity contribution in [1.29, 1.82) is 0 Å². The summed E-state index contributed by atoms with van der Waals surface area (Å²) in [6.45, 7) is 7.00. The maximum absolute atomic E-state index is 11.3. The van der Waals surface area contributed by atoms with Gasteiger partial charge in [0.1, 0.15) is 6.61 Å². The van der Waals surface area contributed by atoms with Crippen LogP contribution in [0.15, 0.2) is 65.8 Å². The molecule has 3 rings (SSSR count). The molecule has 0 aromatic heterocycles. The number of carboxylic acids is 1. The summed E-state index contributed by atoms with van der Waals surface area (Å²) >= 11 is 0. The van der Waals surface area contributed by atoms with Gasteiger partial charge in [-0.05, 0) is 67.8 Å². The SMILES string of the molecule is CCOc1cc(C=NNc2ccccc2C(=O)O)ccc1OCc1cc(C)ccc1C. The summed E-state index contributed by atoms with van der Waals surface area (Å²) in [4.78, 5) is 11.3. The standard InChI is InChI=1S/C25H26N2O4/c1-4-30-24-14-19(15-26-27-22-8-6-5-7-21(22)25(28)29)11-12-23(24)31-16-20-13-17(2)9-10-18(20)3/h5-15,27H,4,16H2,1-3H3,(H,28,29). The molecule has 0 fully saturated rings. The van der Waals surface area contributed by atoms with E-state index in [4.69, 9.17) is 9.47 Å². The number of carboxylic acid groups (broad SMARTS) is 1. The highest BCUT2D eigenvalue weighted by atomic mass is 16.5. The van der Waals surface area contributed by atoms with Crippen LogP contribution in [0.2, 0.25) is 0 Å². The number of hydrazone groups is 1. The Balaban J connectivity index is 1.73. The molecule has 0 heterocycles. The zero-order chi connectivity index (χ0) is 22.2. The summed E-state index contributed by atoms with van der Waals surface area (Å²) in [6.07, 6.45) is 1.61. The molecule has 0 bridgehead atoms. The molecule has 2 N–H and O–H groups in total. The first-order chi connectivity index (χ1) is 15.0. The number of hydrogen-bond acceptors (Lipinski definition) is 5. The van der Waals surface area contributed by atoms with Crippen molar-refractivity contribution in [2.45, 2.75) is 27.4 Å². The van der Waals surface area contributed by atoms with Crippen molar-refractivity contribution >= 4 is 17.9 Å². The van der Waals surface area contributed by atoms with Crippen molar-refractivity contribution in [3.8, 4) is 11.5 Å². The number of carbonyl (C=O) groups is 1. The van der Waals surface area contributed by atoms with E-state index in [0.717, 1.165) is 11.1 Å². The van der Waals surface area contributed by atoms with E-state index in [9.17, 15) is 9.90 Å². The van der Waals surface area contributed by atoms with Gasteiger partial charge in [-0.3, -0.25) is 5.43 Å². The van der Waals surface area contributed by atoms with Crippen LogP contribution in [-0.2, 0) is 6.61 Å². The zero-order valence-electron chi connectivity index (χ0n) is 17.9. The van der Waals surface area contributed by atoms with Crippen LogP contribution in [0.25, 0.3) is 0 Å². The van der Waals surface area contributed by atoms with Crippen molar-refractivity contribution in [1.82, 2.24) is 0 Å². The molecular weight excluding hydrogens is 392 g/mol. The first kappa shape index (κ1) is 21.9. The van der Waals surface area contributed by atoms with E-state index in [1.807, 2.05) is 25.1 Å². The molecule has 0 saturated heterocycles. The third kappa shape index (κ3) is 5.85. The molecular formula is C25H26N2O4. The summed E-state index contributed by atoms with van der Waals surface area (Å²) < 4.78 is 11.8. The molecule has 0 aliphatic rings. The number of aromatic carboxylic acids is 1. The average Bonchev–Trinajstić information content (AvgIpc) is 2.76. The Hall–Kier alpha value is -3.80. The quantitative estimate of drug-likeness (QED) is 0.358. The summed E-state index contributed by atoms with van der Waals surface area (Å²) in [5, 5.41) is 13.4. The van der Waals surface area contributed by atoms with Crippen molar-refractivity contribution in [2.24, 2.45) is 5.10 Å². The average molecular weight is 418 g/mol. The van der Waals surface area contributed by atoms with Crippen molar-refractivity contribution < 1.29 is 19.4 Å². The number of ether oxygens (including phenoxy) is 2. The fraction of sp³-hybridized carbons (Fsp3) is 0.200. The van der Waals surface area contributed by atoms with Gasteiger partial charge in [0.25, 0.3) is 0 Å². The molecule has 3 aromatic rings. The van der Waals surface area contributed by atoms with Gasteiger partial charge in [-0.15, -0.1) is 0 Å². The van der Waals surface area contributed by atoms with Gasteiger partial charge in [-0.25, -0.2) is 4.79 Å². The molecule has 0 aliphatic carbocycles. The van der Waals surface area contributed by atoms with E-state index in [-0.39, 0.29) is 5.56 Å². The van der Waals surface area contributed by atoms with E-state index < -0.39 is 5.97 Å². The van der Waals surface area contributed by atoms with Gasteiger partial charge in [0.05, 0.1) is 24.1 Å². The predicted octanol–water partition coefficient (Wildman–Crippen LogP) is 5.43. The van der Waals surface area contributed by atoms with Gasteiger partial charge in [0.15, 0.2) is 11.5 Å². The molecule has 160 valence electrons. The summed E-state index contributed by atoms with van der Waals surface area (Å²) in [7, 11) is 0. The van der Waals surface area contributed by atoms with Crippen LogP contribution in [0, 0.1) is 13.8 Å². The van der Waals surface area contributed by atoms with Gasteiger partial charge in [-0.1, -0.05) is 35.9 Å². The van der Waals surface area contributed by atoms with Crippen molar-refractivity contribution in [3.05, 3.63) is 88.5 Å². The van der Waals surface area contributed by atoms with Crippen LogP contribution >= 0.6 is 0 Å². The number of hydrogen-bond donors (Lipinski definition) is 2. The molecule has 0 amide bonds. The highest BCUT2D eigenvalue weighted by Crippen LogP contribution is 2.29. The third-order valence-corrected chi connectivity index (χ3v) is 4.71. The minimum atomic E-state index is -1.01. The molecule has 0 spiro atoms. The minimum absolute atomic E-state index is 0.157. The molecule has 0 radical (unpaired) electrons. The fourth-order valence-electron chi connectivity index (χ4n) is 3.05. The Morgan fingerprint density at radius 1 is 1.03 bits per heavy atom. The third-order valence-electron chi connectivity index (χ3n) is 4.71. The maximum atomic E-state index is 11.3. The Labute approximate surface area is 182 Å². The van der Waals surface area contributed by atoms with Crippen LogP contribution < -0.4 is 14.9 Å². The second-order valence-electron chi connectivity index (χ2n) is 7.08. The van der Waals surface area contributed by atoms with Gasteiger partial charge in [0.2, 0.25) is 0 Å². The lowest BCUT2D eigenvalue weighted by Gasteiger charge is -2.14. The molecule has 0 aliphatic heterocycles. The van der Waals surface area contributed by atoms with Crippen molar-refractivity contribution in [3.63, 3.8) is 0 Å². The molecule has 0 saturated carbocycles. The number of benzene rings is 3. The monoisotopic (exact) mass is 418 g/mol. The Bertz CT molecular complexity index is 1090. The number of aryl methyl sites for hydroxylation is 2.